The molecule has 0 spiro atoms. The zero-order chi connectivity index (χ0) is 16.2. The number of benzene rings is 1. The molecule has 0 heterocycles. The maximum atomic E-state index is 12.3. The van der Waals surface area contributed by atoms with Crippen LogP contribution in [0.1, 0.15) is 43.6 Å². The van der Waals surface area contributed by atoms with E-state index in [1.807, 2.05) is 20.8 Å². The number of sulfonamides is 1. The van der Waals surface area contributed by atoms with Crippen LogP contribution >= 0.6 is 0 Å². The zero-order valence-electron chi connectivity index (χ0n) is 13.2. The van der Waals surface area contributed by atoms with E-state index in [-0.39, 0.29) is 16.8 Å². The van der Waals surface area contributed by atoms with Crippen molar-refractivity contribution in [3.8, 4) is 0 Å². The van der Waals surface area contributed by atoms with Crippen LogP contribution in [-0.2, 0) is 10.0 Å². The predicted molar refractivity (Wildman–Crippen MR) is 83.8 cm³/mol. The van der Waals surface area contributed by atoms with E-state index in [1.54, 1.807) is 19.9 Å². The van der Waals surface area contributed by atoms with Crippen molar-refractivity contribution in [3.63, 3.8) is 0 Å². The molecule has 1 amide bonds. The minimum absolute atomic E-state index is 0.0194. The van der Waals surface area contributed by atoms with E-state index in [0.717, 1.165) is 5.56 Å². The van der Waals surface area contributed by atoms with E-state index in [9.17, 15) is 13.2 Å². The van der Waals surface area contributed by atoms with Gasteiger partial charge in [-0.15, -0.1) is 0 Å². The lowest BCUT2D eigenvalue weighted by molar-refractivity contribution is 0.0929. The summed E-state index contributed by atoms with van der Waals surface area (Å²) in [7, 11) is -3.56. The first-order valence-electron chi connectivity index (χ1n) is 7.10. The topological polar surface area (TPSA) is 75.3 Å². The number of nitrogens with one attached hydrogen (secondary N) is 2. The van der Waals surface area contributed by atoms with Gasteiger partial charge in [-0.2, -0.15) is 0 Å². The second-order valence-electron chi connectivity index (χ2n) is 5.48. The molecule has 6 heteroatoms. The lowest BCUT2D eigenvalue weighted by Crippen LogP contribution is -2.36. The molecule has 0 fully saturated rings. The monoisotopic (exact) mass is 312 g/mol. The second-order valence-corrected chi connectivity index (χ2v) is 7.25. The quantitative estimate of drug-likeness (QED) is 0.844. The van der Waals surface area contributed by atoms with Crippen LogP contribution in [0.5, 0.6) is 0 Å². The summed E-state index contributed by atoms with van der Waals surface area (Å²) in [4.78, 5) is 12.4. The lowest BCUT2D eigenvalue weighted by atomic mass is 10.0. The van der Waals surface area contributed by atoms with Crippen LogP contribution in [0.4, 0.5) is 0 Å². The maximum Gasteiger partial charge on any atom is 0.251 e. The smallest absolute Gasteiger partial charge is 0.251 e. The van der Waals surface area contributed by atoms with Gasteiger partial charge in [0.2, 0.25) is 10.0 Å². The Labute approximate surface area is 127 Å². The van der Waals surface area contributed by atoms with Crippen LogP contribution in [-0.4, -0.2) is 26.9 Å². The van der Waals surface area contributed by atoms with Crippen molar-refractivity contribution in [1.82, 2.24) is 10.0 Å². The number of carbonyl (C=O) groups is 1. The summed E-state index contributed by atoms with van der Waals surface area (Å²) in [5.41, 5.74) is 1.14. The summed E-state index contributed by atoms with van der Waals surface area (Å²) >= 11 is 0. The maximum absolute atomic E-state index is 12.3. The summed E-state index contributed by atoms with van der Waals surface area (Å²) < 4.78 is 26.4. The second kappa shape index (κ2) is 7.04. The average Bonchev–Trinajstić information content (AvgIpc) is 2.38. The van der Waals surface area contributed by atoms with E-state index >= 15 is 0 Å². The molecule has 1 atom stereocenters. The fourth-order valence-corrected chi connectivity index (χ4v) is 2.80. The molecular weight excluding hydrogens is 288 g/mol. The van der Waals surface area contributed by atoms with Crippen LogP contribution in [0, 0.1) is 12.8 Å². The first-order valence-corrected chi connectivity index (χ1v) is 8.58. The summed E-state index contributed by atoms with van der Waals surface area (Å²) in [6.07, 6.45) is 0. The highest BCUT2D eigenvalue weighted by atomic mass is 32.2. The fraction of sp³-hybridized carbons (Fsp3) is 0.533. The van der Waals surface area contributed by atoms with Crippen LogP contribution in [0.25, 0.3) is 0 Å². The van der Waals surface area contributed by atoms with Gasteiger partial charge in [-0.1, -0.05) is 26.8 Å². The predicted octanol–water partition coefficient (Wildman–Crippen LogP) is 2.07. The van der Waals surface area contributed by atoms with Gasteiger partial charge in [0.25, 0.3) is 5.91 Å². The molecule has 21 heavy (non-hydrogen) atoms. The fourth-order valence-electron chi connectivity index (χ4n) is 1.74. The first-order chi connectivity index (χ1) is 9.69. The largest absolute Gasteiger partial charge is 0.349 e. The molecule has 2 N–H and O–H groups in total. The van der Waals surface area contributed by atoms with Gasteiger partial charge >= 0.3 is 0 Å². The zero-order valence-corrected chi connectivity index (χ0v) is 14.0. The Hall–Kier alpha value is -1.40. The first kappa shape index (κ1) is 17.7. The Balaban J connectivity index is 3.11. The number of rotatable bonds is 6. The molecule has 0 aliphatic carbocycles. The third kappa shape index (κ3) is 4.54. The molecule has 0 aliphatic heterocycles. The Bertz CT molecular complexity index is 609. The molecule has 1 aromatic carbocycles. The third-order valence-electron chi connectivity index (χ3n) is 3.46. The van der Waals surface area contributed by atoms with Crippen molar-refractivity contribution in [2.45, 2.75) is 45.6 Å². The number of hydrogen-bond acceptors (Lipinski definition) is 3. The van der Waals surface area contributed by atoms with Gasteiger partial charge in [0.05, 0.1) is 4.90 Å². The Morgan fingerprint density at radius 1 is 1.24 bits per heavy atom. The van der Waals surface area contributed by atoms with Crippen molar-refractivity contribution in [3.05, 3.63) is 29.3 Å². The van der Waals surface area contributed by atoms with E-state index in [0.29, 0.717) is 18.0 Å². The summed E-state index contributed by atoms with van der Waals surface area (Å²) in [6, 6.07) is 4.61. The summed E-state index contributed by atoms with van der Waals surface area (Å²) in [6.45, 7) is 9.77. The standard InChI is InChI=1S/C15H24N2O3S/c1-6-16-21(19,20)13-8-7-11(4)14(9-13)15(18)17-12(5)10(2)3/h7-10,12,16H,6H2,1-5H3,(H,17,18). The molecule has 5 nitrogen and oxygen atoms in total. The lowest BCUT2D eigenvalue weighted by Gasteiger charge is -2.18. The van der Waals surface area contributed by atoms with Crippen molar-refractivity contribution in [2.24, 2.45) is 5.92 Å². The molecule has 1 aromatic rings. The molecule has 0 bridgehead atoms. The molecule has 0 saturated heterocycles. The van der Waals surface area contributed by atoms with Crippen molar-refractivity contribution < 1.29 is 13.2 Å². The van der Waals surface area contributed by atoms with Gasteiger partial charge < -0.3 is 5.32 Å². The van der Waals surface area contributed by atoms with E-state index < -0.39 is 10.0 Å². The molecule has 1 rings (SSSR count). The highest BCUT2D eigenvalue weighted by Gasteiger charge is 2.19. The molecule has 0 saturated carbocycles. The van der Waals surface area contributed by atoms with Crippen LogP contribution < -0.4 is 10.0 Å². The van der Waals surface area contributed by atoms with E-state index in [1.165, 1.54) is 12.1 Å². The Kier molecular flexibility index (Phi) is 5.92. The van der Waals surface area contributed by atoms with Crippen LogP contribution in [0.15, 0.2) is 23.1 Å². The normalized spacial score (nSPS) is 13.2. The SMILES string of the molecule is CCNS(=O)(=O)c1ccc(C)c(C(=O)NC(C)C(C)C)c1. The van der Waals surface area contributed by atoms with Crippen LogP contribution in [0.2, 0.25) is 0 Å². The Morgan fingerprint density at radius 3 is 2.38 bits per heavy atom. The molecule has 0 aromatic heterocycles. The van der Waals surface area contributed by atoms with E-state index in [4.69, 9.17) is 0 Å². The molecule has 0 aliphatic rings. The number of hydrogen-bond donors (Lipinski definition) is 2. The van der Waals surface area contributed by atoms with Gasteiger partial charge in [-0.3, -0.25) is 4.79 Å². The summed E-state index contributed by atoms with van der Waals surface area (Å²) in [5, 5.41) is 2.89. The molecule has 118 valence electrons. The van der Waals surface area contributed by atoms with Gasteiger partial charge in [0.1, 0.15) is 0 Å². The van der Waals surface area contributed by atoms with Crippen molar-refractivity contribution >= 4 is 15.9 Å². The molecule has 1 unspecified atom stereocenters. The van der Waals surface area contributed by atoms with Gasteiger partial charge in [0, 0.05) is 18.2 Å². The third-order valence-corrected chi connectivity index (χ3v) is 5.00. The number of carbonyl (C=O) groups excluding carboxylic acids is 1. The van der Waals surface area contributed by atoms with Crippen molar-refractivity contribution in [1.29, 1.82) is 0 Å². The van der Waals surface area contributed by atoms with Gasteiger partial charge in [-0.25, -0.2) is 13.1 Å². The Morgan fingerprint density at radius 2 is 1.86 bits per heavy atom. The average molecular weight is 312 g/mol. The van der Waals surface area contributed by atoms with E-state index in [2.05, 4.69) is 10.0 Å². The summed E-state index contributed by atoms with van der Waals surface area (Å²) in [5.74, 6) is 0.0603. The number of amides is 1. The number of aryl methyl sites for hydroxylation is 1. The van der Waals surface area contributed by atoms with Gasteiger partial charge in [0.15, 0.2) is 0 Å². The molecular formula is C15H24N2O3S. The highest BCUT2D eigenvalue weighted by molar-refractivity contribution is 7.89. The van der Waals surface area contributed by atoms with Crippen LogP contribution in [0.3, 0.4) is 0 Å². The minimum Gasteiger partial charge on any atom is -0.349 e. The molecule has 0 radical (unpaired) electrons. The van der Waals surface area contributed by atoms with Crippen molar-refractivity contribution in [2.75, 3.05) is 6.54 Å². The minimum atomic E-state index is -3.56. The van der Waals surface area contributed by atoms with Gasteiger partial charge in [-0.05, 0) is 37.5 Å². The highest BCUT2D eigenvalue weighted by Crippen LogP contribution is 2.16.